The molecule has 0 aliphatic carbocycles. The predicted octanol–water partition coefficient (Wildman–Crippen LogP) is 1.57. The molecule has 14 heavy (non-hydrogen) atoms. The van der Waals surface area contributed by atoms with Crippen LogP contribution in [0.25, 0.3) is 0 Å². The first kappa shape index (κ1) is 11.5. The zero-order chi connectivity index (χ0) is 10.9. The molecular weight excluding hydrogens is 178 g/mol. The molecular formula is C11H21NO2. The summed E-state index contributed by atoms with van der Waals surface area (Å²) >= 11 is 0. The summed E-state index contributed by atoms with van der Waals surface area (Å²) < 4.78 is 5.63. The van der Waals surface area contributed by atoms with Crippen LogP contribution in [0.4, 0.5) is 0 Å². The number of carbonyl (C=O) groups is 1. The second-order valence-corrected chi connectivity index (χ2v) is 4.59. The highest BCUT2D eigenvalue weighted by atomic mass is 16.5. The number of hydrogen-bond acceptors (Lipinski definition) is 2. The lowest BCUT2D eigenvalue weighted by Crippen LogP contribution is -2.40. The topological polar surface area (TPSA) is 38.3 Å². The molecule has 1 N–H and O–H groups in total. The maximum atomic E-state index is 11.8. The van der Waals surface area contributed by atoms with E-state index in [1.165, 1.54) is 0 Å². The average Bonchev–Trinajstić information content (AvgIpc) is 2.25. The number of rotatable bonds is 2. The van der Waals surface area contributed by atoms with E-state index >= 15 is 0 Å². The van der Waals surface area contributed by atoms with E-state index in [0.717, 1.165) is 0 Å². The van der Waals surface area contributed by atoms with Crippen molar-refractivity contribution < 1.29 is 9.53 Å². The van der Waals surface area contributed by atoms with Gasteiger partial charge in [-0.25, -0.2) is 0 Å². The zero-order valence-electron chi connectivity index (χ0n) is 9.70. The van der Waals surface area contributed by atoms with Gasteiger partial charge in [-0.2, -0.15) is 0 Å². The van der Waals surface area contributed by atoms with E-state index in [1.807, 2.05) is 27.7 Å². The summed E-state index contributed by atoms with van der Waals surface area (Å²) in [6.07, 6.45) is 0.228. The molecule has 82 valence electrons. The third-order valence-corrected chi connectivity index (χ3v) is 2.98. The van der Waals surface area contributed by atoms with Crippen molar-refractivity contribution in [2.24, 2.45) is 11.8 Å². The molecule has 4 unspecified atom stereocenters. The fraction of sp³-hybridized carbons (Fsp3) is 0.909. The first-order valence-electron chi connectivity index (χ1n) is 5.39. The predicted molar refractivity (Wildman–Crippen MR) is 55.9 cm³/mol. The van der Waals surface area contributed by atoms with Crippen LogP contribution >= 0.6 is 0 Å². The Balaban J connectivity index is 2.62. The van der Waals surface area contributed by atoms with Gasteiger partial charge in [0.1, 0.15) is 0 Å². The van der Waals surface area contributed by atoms with Gasteiger partial charge in [0.2, 0.25) is 5.91 Å². The Morgan fingerprint density at radius 3 is 2.14 bits per heavy atom. The fourth-order valence-corrected chi connectivity index (χ4v) is 2.10. The molecule has 1 amide bonds. The summed E-state index contributed by atoms with van der Waals surface area (Å²) in [6, 6.07) is 0.206. The summed E-state index contributed by atoms with van der Waals surface area (Å²) in [7, 11) is 0. The van der Waals surface area contributed by atoms with Gasteiger partial charge in [-0.15, -0.1) is 0 Å². The number of ether oxygens (including phenoxy) is 1. The summed E-state index contributed by atoms with van der Waals surface area (Å²) in [4.78, 5) is 11.8. The minimum absolute atomic E-state index is 0.00685. The van der Waals surface area contributed by atoms with Gasteiger partial charge in [0.15, 0.2) is 0 Å². The molecule has 0 aromatic carbocycles. The van der Waals surface area contributed by atoms with E-state index in [9.17, 15) is 4.79 Å². The molecule has 1 heterocycles. The van der Waals surface area contributed by atoms with Gasteiger partial charge in [0.25, 0.3) is 0 Å². The first-order chi connectivity index (χ1) is 6.43. The van der Waals surface area contributed by atoms with Crippen molar-refractivity contribution in [3.8, 4) is 0 Å². The minimum Gasteiger partial charge on any atom is -0.374 e. The second kappa shape index (κ2) is 4.30. The molecule has 0 spiro atoms. The van der Waals surface area contributed by atoms with Gasteiger partial charge in [-0.3, -0.25) is 4.79 Å². The van der Waals surface area contributed by atoms with Crippen molar-refractivity contribution in [3.63, 3.8) is 0 Å². The summed E-state index contributed by atoms with van der Waals surface area (Å²) in [5.41, 5.74) is 0. The van der Waals surface area contributed by atoms with E-state index < -0.39 is 0 Å². The number of amides is 1. The van der Waals surface area contributed by atoms with Gasteiger partial charge in [0, 0.05) is 6.04 Å². The van der Waals surface area contributed by atoms with E-state index in [0.29, 0.717) is 5.92 Å². The number of nitrogens with one attached hydrogen (secondary N) is 1. The Bertz CT molecular complexity index is 215. The summed E-state index contributed by atoms with van der Waals surface area (Å²) in [5.74, 6) is 0.445. The van der Waals surface area contributed by atoms with Crippen LogP contribution in [0.1, 0.15) is 34.6 Å². The monoisotopic (exact) mass is 199 g/mol. The molecule has 1 aliphatic rings. The lowest BCUT2D eigenvalue weighted by molar-refractivity contribution is -0.127. The Morgan fingerprint density at radius 2 is 1.79 bits per heavy atom. The Labute approximate surface area is 86.2 Å². The van der Waals surface area contributed by atoms with Crippen LogP contribution in [0, 0.1) is 11.8 Å². The van der Waals surface area contributed by atoms with Gasteiger partial charge in [-0.05, 0) is 33.6 Å². The highest BCUT2D eigenvalue weighted by Gasteiger charge is 2.41. The molecule has 0 aromatic heterocycles. The normalized spacial score (nSPS) is 37.6. The van der Waals surface area contributed by atoms with Crippen molar-refractivity contribution in [1.29, 1.82) is 0 Å². The summed E-state index contributed by atoms with van der Waals surface area (Å²) in [6.45, 7) is 10.0. The lowest BCUT2D eigenvalue weighted by atomic mass is 9.88. The van der Waals surface area contributed by atoms with Crippen molar-refractivity contribution in [2.75, 3.05) is 0 Å². The highest BCUT2D eigenvalue weighted by Crippen LogP contribution is 2.32. The third-order valence-electron chi connectivity index (χ3n) is 2.98. The van der Waals surface area contributed by atoms with Gasteiger partial charge < -0.3 is 10.1 Å². The van der Waals surface area contributed by atoms with Crippen LogP contribution in [0.5, 0.6) is 0 Å². The second-order valence-electron chi connectivity index (χ2n) is 4.59. The Hall–Kier alpha value is -0.570. The maximum absolute atomic E-state index is 11.8. The molecule has 0 radical (unpaired) electrons. The zero-order valence-corrected chi connectivity index (χ0v) is 9.70. The smallest absolute Gasteiger partial charge is 0.226 e. The molecule has 1 rings (SSSR count). The standard InChI is InChI=1S/C11H21NO2/c1-6(2)12-11(13)10-7(3)8(4)14-9(10)5/h6-10H,1-5H3,(H,12,13). The van der Waals surface area contributed by atoms with E-state index in [2.05, 4.69) is 12.2 Å². The molecule has 0 saturated carbocycles. The lowest BCUT2D eigenvalue weighted by Gasteiger charge is -2.19. The molecule has 3 heteroatoms. The van der Waals surface area contributed by atoms with Crippen LogP contribution in [0.3, 0.4) is 0 Å². The van der Waals surface area contributed by atoms with E-state index in [1.54, 1.807) is 0 Å². The van der Waals surface area contributed by atoms with Crippen molar-refractivity contribution in [3.05, 3.63) is 0 Å². The van der Waals surface area contributed by atoms with E-state index in [4.69, 9.17) is 4.74 Å². The van der Waals surface area contributed by atoms with Crippen LogP contribution in [-0.2, 0) is 9.53 Å². The van der Waals surface area contributed by atoms with Crippen LogP contribution in [0.15, 0.2) is 0 Å². The maximum Gasteiger partial charge on any atom is 0.226 e. The molecule has 0 aromatic rings. The molecule has 1 saturated heterocycles. The molecule has 3 nitrogen and oxygen atoms in total. The SMILES string of the molecule is CC(C)NC(=O)C1C(C)OC(C)C1C. The van der Waals surface area contributed by atoms with Crippen LogP contribution in [-0.4, -0.2) is 24.2 Å². The van der Waals surface area contributed by atoms with Crippen molar-refractivity contribution in [1.82, 2.24) is 5.32 Å². The van der Waals surface area contributed by atoms with Gasteiger partial charge in [0.05, 0.1) is 18.1 Å². The number of carbonyl (C=O) groups excluding carboxylic acids is 1. The quantitative estimate of drug-likeness (QED) is 0.733. The minimum atomic E-state index is 0.00685. The van der Waals surface area contributed by atoms with Crippen molar-refractivity contribution >= 4 is 5.91 Å². The molecule has 0 bridgehead atoms. The first-order valence-corrected chi connectivity index (χ1v) is 5.39. The molecule has 1 fully saturated rings. The average molecular weight is 199 g/mol. The van der Waals surface area contributed by atoms with Crippen LogP contribution < -0.4 is 5.32 Å². The molecule has 4 atom stereocenters. The van der Waals surface area contributed by atoms with E-state index in [-0.39, 0.29) is 30.1 Å². The van der Waals surface area contributed by atoms with Gasteiger partial charge in [-0.1, -0.05) is 6.92 Å². The van der Waals surface area contributed by atoms with Gasteiger partial charge >= 0.3 is 0 Å². The van der Waals surface area contributed by atoms with Crippen molar-refractivity contribution in [2.45, 2.75) is 52.9 Å². The largest absolute Gasteiger partial charge is 0.374 e. The third kappa shape index (κ3) is 2.27. The molecule has 1 aliphatic heterocycles. The number of hydrogen-bond donors (Lipinski definition) is 1. The Morgan fingerprint density at radius 1 is 1.21 bits per heavy atom. The highest BCUT2D eigenvalue weighted by molar-refractivity contribution is 5.80. The van der Waals surface area contributed by atoms with Crippen LogP contribution in [0.2, 0.25) is 0 Å². The fourth-order valence-electron chi connectivity index (χ4n) is 2.10. The Kier molecular flexibility index (Phi) is 3.53. The summed E-state index contributed by atoms with van der Waals surface area (Å²) in [5, 5.41) is 2.95.